The van der Waals surface area contributed by atoms with E-state index in [1.54, 1.807) is 24.3 Å². The number of amides is 3. The van der Waals surface area contributed by atoms with Gasteiger partial charge in [-0.15, -0.1) is 0 Å². The highest BCUT2D eigenvalue weighted by atomic mass is 16.2. The lowest BCUT2D eigenvalue weighted by Gasteiger charge is -2.22. The van der Waals surface area contributed by atoms with Gasteiger partial charge in [-0.2, -0.15) is 0 Å². The van der Waals surface area contributed by atoms with Crippen LogP contribution >= 0.6 is 0 Å². The fourth-order valence-electron chi connectivity index (χ4n) is 2.98. The summed E-state index contributed by atoms with van der Waals surface area (Å²) in [6.45, 7) is 8.84. The van der Waals surface area contributed by atoms with Gasteiger partial charge in [0.15, 0.2) is 0 Å². The van der Waals surface area contributed by atoms with Crippen molar-refractivity contribution in [3.05, 3.63) is 53.6 Å². The average molecular weight is 381 g/mol. The second-order valence-corrected chi connectivity index (χ2v) is 7.08. The molecule has 2 N–H and O–H groups in total. The third-order valence-electron chi connectivity index (χ3n) is 4.37. The summed E-state index contributed by atoms with van der Waals surface area (Å²) in [6.07, 6.45) is 0. The number of benzene rings is 2. The summed E-state index contributed by atoms with van der Waals surface area (Å²) in [5.74, 6) is -0.413. The molecule has 2 aromatic rings. The SMILES string of the molecule is CC(=O)Nc1ccc(N(CC(=O)Nc2c(C)cccc2C(C)C)C(C)=O)cc1. The zero-order valence-corrected chi connectivity index (χ0v) is 17.0. The number of anilines is 3. The van der Waals surface area contributed by atoms with Gasteiger partial charge >= 0.3 is 0 Å². The van der Waals surface area contributed by atoms with Gasteiger partial charge in [0, 0.05) is 30.9 Å². The maximum absolute atomic E-state index is 12.7. The molecule has 6 heteroatoms. The van der Waals surface area contributed by atoms with Crippen molar-refractivity contribution in [1.29, 1.82) is 0 Å². The maximum atomic E-state index is 12.7. The molecule has 148 valence electrons. The van der Waals surface area contributed by atoms with Gasteiger partial charge in [-0.05, 0) is 48.2 Å². The van der Waals surface area contributed by atoms with Crippen LogP contribution in [0.3, 0.4) is 0 Å². The number of nitrogens with zero attached hydrogens (tertiary/aromatic N) is 1. The molecule has 0 aromatic heterocycles. The highest BCUT2D eigenvalue weighted by Gasteiger charge is 2.18. The molecule has 0 unspecified atom stereocenters. The summed E-state index contributed by atoms with van der Waals surface area (Å²) in [5, 5.41) is 5.64. The van der Waals surface area contributed by atoms with E-state index in [0.29, 0.717) is 11.4 Å². The Morgan fingerprint density at radius 2 is 1.61 bits per heavy atom. The molecular formula is C22H27N3O3. The van der Waals surface area contributed by atoms with Crippen molar-refractivity contribution in [3.8, 4) is 0 Å². The molecule has 0 saturated heterocycles. The Morgan fingerprint density at radius 3 is 2.14 bits per heavy atom. The lowest BCUT2D eigenvalue weighted by molar-refractivity contribution is -0.120. The molecule has 0 atom stereocenters. The maximum Gasteiger partial charge on any atom is 0.244 e. The highest BCUT2D eigenvalue weighted by molar-refractivity contribution is 6.02. The molecule has 2 rings (SSSR count). The van der Waals surface area contributed by atoms with Gasteiger partial charge < -0.3 is 15.5 Å². The van der Waals surface area contributed by atoms with Crippen molar-refractivity contribution in [3.63, 3.8) is 0 Å². The second kappa shape index (κ2) is 9.17. The molecule has 0 bridgehead atoms. The van der Waals surface area contributed by atoms with Gasteiger partial charge in [0.25, 0.3) is 0 Å². The minimum Gasteiger partial charge on any atom is -0.326 e. The number of carbonyl (C=O) groups excluding carboxylic acids is 3. The number of aryl methyl sites for hydroxylation is 1. The molecule has 0 heterocycles. The standard InChI is InChI=1S/C22H27N3O3/c1-14(2)20-8-6-7-15(3)22(20)24-21(28)13-25(17(5)27)19-11-9-18(10-12-19)23-16(4)26/h6-12,14H,13H2,1-5H3,(H,23,26)(H,24,28). The lowest BCUT2D eigenvalue weighted by Crippen LogP contribution is -2.37. The van der Waals surface area contributed by atoms with Gasteiger partial charge in [0.2, 0.25) is 17.7 Å². The topological polar surface area (TPSA) is 78.5 Å². The van der Waals surface area contributed by atoms with Crippen molar-refractivity contribution >= 4 is 34.8 Å². The molecule has 6 nitrogen and oxygen atoms in total. The van der Waals surface area contributed by atoms with Crippen LogP contribution in [0.2, 0.25) is 0 Å². The predicted molar refractivity (Wildman–Crippen MR) is 113 cm³/mol. The summed E-state index contributed by atoms with van der Waals surface area (Å²) in [4.78, 5) is 37.3. The van der Waals surface area contributed by atoms with Crippen molar-refractivity contribution in [1.82, 2.24) is 0 Å². The van der Waals surface area contributed by atoms with Gasteiger partial charge in [0.1, 0.15) is 6.54 Å². The molecule has 0 spiro atoms. The van der Waals surface area contributed by atoms with E-state index in [-0.39, 0.29) is 30.2 Å². The first-order valence-corrected chi connectivity index (χ1v) is 9.24. The molecule has 2 aromatic carbocycles. The van der Waals surface area contributed by atoms with Crippen LogP contribution in [0, 0.1) is 6.92 Å². The van der Waals surface area contributed by atoms with Crippen molar-refractivity contribution in [2.24, 2.45) is 0 Å². The number of nitrogens with one attached hydrogen (secondary N) is 2. The Labute approximate surface area is 165 Å². The first-order valence-electron chi connectivity index (χ1n) is 9.24. The fraction of sp³-hybridized carbons (Fsp3) is 0.318. The smallest absolute Gasteiger partial charge is 0.244 e. The molecule has 0 radical (unpaired) electrons. The minimum atomic E-state index is -0.266. The van der Waals surface area contributed by atoms with Gasteiger partial charge in [0.05, 0.1) is 0 Å². The molecular weight excluding hydrogens is 354 g/mol. The zero-order valence-electron chi connectivity index (χ0n) is 17.0. The number of rotatable bonds is 6. The van der Waals surface area contributed by atoms with Crippen molar-refractivity contribution in [2.45, 2.75) is 40.5 Å². The number of hydrogen-bond acceptors (Lipinski definition) is 3. The Balaban J connectivity index is 2.18. The van der Waals surface area contributed by atoms with E-state index in [0.717, 1.165) is 16.8 Å². The van der Waals surface area contributed by atoms with E-state index in [9.17, 15) is 14.4 Å². The van der Waals surface area contributed by atoms with E-state index < -0.39 is 0 Å². The number of para-hydroxylation sites is 1. The first kappa shape index (κ1) is 21.2. The Kier molecular flexibility index (Phi) is 6.93. The Morgan fingerprint density at radius 1 is 0.964 bits per heavy atom. The van der Waals surface area contributed by atoms with Gasteiger partial charge in [-0.25, -0.2) is 0 Å². The van der Waals surface area contributed by atoms with Gasteiger partial charge in [-0.1, -0.05) is 32.0 Å². The van der Waals surface area contributed by atoms with Crippen LogP contribution in [0.15, 0.2) is 42.5 Å². The number of hydrogen-bond donors (Lipinski definition) is 2. The molecule has 0 saturated carbocycles. The molecule has 3 amide bonds. The Bertz CT molecular complexity index is 873. The summed E-state index contributed by atoms with van der Waals surface area (Å²) in [6, 6.07) is 12.7. The summed E-state index contributed by atoms with van der Waals surface area (Å²) >= 11 is 0. The minimum absolute atomic E-state index is 0.0965. The summed E-state index contributed by atoms with van der Waals surface area (Å²) in [7, 11) is 0. The van der Waals surface area contributed by atoms with Crippen LogP contribution in [0.1, 0.15) is 44.7 Å². The van der Waals surface area contributed by atoms with E-state index in [2.05, 4.69) is 24.5 Å². The predicted octanol–water partition coefficient (Wildman–Crippen LogP) is 4.07. The van der Waals surface area contributed by atoms with Crippen LogP contribution < -0.4 is 15.5 Å². The Hall–Kier alpha value is -3.15. The van der Waals surface area contributed by atoms with Crippen LogP contribution in [-0.2, 0) is 14.4 Å². The van der Waals surface area contributed by atoms with Crippen molar-refractivity contribution < 1.29 is 14.4 Å². The molecule has 0 fully saturated rings. The van der Waals surface area contributed by atoms with E-state index in [1.165, 1.54) is 18.7 Å². The zero-order chi connectivity index (χ0) is 20.8. The van der Waals surface area contributed by atoms with E-state index in [1.807, 2.05) is 25.1 Å². The van der Waals surface area contributed by atoms with Crippen LogP contribution in [0.5, 0.6) is 0 Å². The van der Waals surface area contributed by atoms with Crippen molar-refractivity contribution in [2.75, 3.05) is 22.1 Å². The molecule has 0 aliphatic heterocycles. The van der Waals surface area contributed by atoms with E-state index >= 15 is 0 Å². The third-order valence-corrected chi connectivity index (χ3v) is 4.37. The molecule has 28 heavy (non-hydrogen) atoms. The van der Waals surface area contributed by atoms with Crippen LogP contribution in [0.25, 0.3) is 0 Å². The van der Waals surface area contributed by atoms with Crippen LogP contribution in [-0.4, -0.2) is 24.3 Å². The normalized spacial score (nSPS) is 10.5. The molecule has 0 aliphatic carbocycles. The van der Waals surface area contributed by atoms with Gasteiger partial charge in [-0.3, -0.25) is 14.4 Å². The quantitative estimate of drug-likeness (QED) is 0.792. The molecule has 0 aliphatic rings. The summed E-state index contributed by atoms with van der Waals surface area (Å²) < 4.78 is 0. The van der Waals surface area contributed by atoms with E-state index in [4.69, 9.17) is 0 Å². The third kappa shape index (κ3) is 5.42. The number of carbonyl (C=O) groups is 3. The summed E-state index contributed by atoms with van der Waals surface area (Å²) in [5.41, 5.74) is 4.05. The lowest BCUT2D eigenvalue weighted by atomic mass is 9.98. The second-order valence-electron chi connectivity index (χ2n) is 7.08. The average Bonchev–Trinajstić information content (AvgIpc) is 2.61. The monoisotopic (exact) mass is 381 g/mol. The highest BCUT2D eigenvalue weighted by Crippen LogP contribution is 2.27. The van der Waals surface area contributed by atoms with Crippen LogP contribution in [0.4, 0.5) is 17.1 Å². The fourth-order valence-corrected chi connectivity index (χ4v) is 2.98. The largest absolute Gasteiger partial charge is 0.326 e. The first-order chi connectivity index (χ1) is 13.2.